The first-order valence-corrected chi connectivity index (χ1v) is 2.12. The average Bonchev–Trinajstić information content (AvgIpc) is 1.38. The predicted octanol–water partition coefficient (Wildman–Crippen LogP) is 0.00650. The van der Waals surface area contributed by atoms with Crippen molar-refractivity contribution < 1.29 is 29.8 Å². The van der Waals surface area contributed by atoms with Crippen molar-refractivity contribution >= 4 is 11.1 Å². The molecule has 36 valence electrons. The molecule has 0 amide bonds. The molecular formula is C2H3O2SW-. The number of hydrogen-bond donors (Lipinski definition) is 0. The maximum atomic E-state index is 9.25. The van der Waals surface area contributed by atoms with E-state index < -0.39 is 11.1 Å². The van der Waals surface area contributed by atoms with Gasteiger partial charge in [-0.3, -0.25) is 4.21 Å². The summed E-state index contributed by atoms with van der Waals surface area (Å²) in [4.78, 5) is 0. The molecule has 1 unspecified atom stereocenters. The third-order valence-electron chi connectivity index (χ3n) is 0.136. The Labute approximate surface area is 53.2 Å². The number of hydrogen-bond acceptors (Lipinski definition) is 2. The summed E-state index contributed by atoms with van der Waals surface area (Å²) in [5.74, 6) is 0. The Kier molecular flexibility index (Phi) is 8.99. The summed E-state index contributed by atoms with van der Waals surface area (Å²) >= 11 is -2.06. The minimum atomic E-state index is -2.06. The Morgan fingerprint density at radius 2 is 2.00 bits per heavy atom. The monoisotopic (exact) mass is 275 g/mol. The van der Waals surface area contributed by atoms with Gasteiger partial charge in [-0.25, -0.2) is 0 Å². The van der Waals surface area contributed by atoms with Gasteiger partial charge in [0.25, 0.3) is 0 Å². The van der Waals surface area contributed by atoms with Crippen molar-refractivity contribution in [3.63, 3.8) is 0 Å². The fourth-order valence-electron chi connectivity index (χ4n) is 0. The normalized spacial score (nSPS) is 11.5. The van der Waals surface area contributed by atoms with Crippen LogP contribution >= 0.6 is 0 Å². The molecule has 0 rings (SSSR count). The standard InChI is InChI=1S/C2H4O2S.W/c1-2-5(3)4;/h2H,1H2,(H,3,4);/p-1. The quantitative estimate of drug-likeness (QED) is 0.632. The Hall–Kier alpha value is 0.538. The second-order valence-corrected chi connectivity index (χ2v) is 1.28. The molecule has 0 aromatic heterocycles. The van der Waals surface area contributed by atoms with Crippen molar-refractivity contribution in [3.05, 3.63) is 12.0 Å². The zero-order valence-corrected chi connectivity index (χ0v) is 6.67. The van der Waals surface area contributed by atoms with E-state index in [1.165, 1.54) is 0 Å². The Morgan fingerprint density at radius 1 is 1.83 bits per heavy atom. The maximum Gasteiger partial charge on any atom is 0 e. The van der Waals surface area contributed by atoms with Crippen molar-refractivity contribution in [2.24, 2.45) is 0 Å². The minimum absolute atomic E-state index is 0. The molecule has 6 heavy (non-hydrogen) atoms. The molecule has 0 aromatic carbocycles. The Morgan fingerprint density at radius 3 is 2.00 bits per heavy atom. The molecule has 0 bridgehead atoms. The van der Waals surface area contributed by atoms with E-state index in [-0.39, 0.29) is 21.1 Å². The van der Waals surface area contributed by atoms with Crippen molar-refractivity contribution in [2.75, 3.05) is 0 Å². The summed E-state index contributed by atoms with van der Waals surface area (Å²) in [6.07, 6.45) is 0. The van der Waals surface area contributed by atoms with E-state index in [9.17, 15) is 8.76 Å². The third kappa shape index (κ3) is 8.82. The van der Waals surface area contributed by atoms with Gasteiger partial charge in [0.1, 0.15) is 0 Å². The molecule has 0 N–H and O–H groups in total. The van der Waals surface area contributed by atoms with Crippen LogP contribution in [-0.2, 0) is 32.1 Å². The first-order valence-electron chi connectivity index (χ1n) is 0.977. The van der Waals surface area contributed by atoms with E-state index in [0.717, 1.165) is 5.41 Å². The third-order valence-corrected chi connectivity index (χ3v) is 0.408. The van der Waals surface area contributed by atoms with Crippen LogP contribution in [0.1, 0.15) is 0 Å². The zero-order chi connectivity index (χ0) is 4.28. The fourth-order valence-corrected chi connectivity index (χ4v) is 0. The van der Waals surface area contributed by atoms with Crippen molar-refractivity contribution in [1.82, 2.24) is 0 Å². The molecule has 0 spiro atoms. The van der Waals surface area contributed by atoms with Crippen LogP contribution in [0.3, 0.4) is 0 Å². The van der Waals surface area contributed by atoms with Crippen molar-refractivity contribution in [1.29, 1.82) is 0 Å². The topological polar surface area (TPSA) is 40.1 Å². The van der Waals surface area contributed by atoms with Gasteiger partial charge in [-0.1, -0.05) is 6.58 Å². The van der Waals surface area contributed by atoms with E-state index in [2.05, 4.69) is 6.58 Å². The second-order valence-electron chi connectivity index (χ2n) is 0.427. The SMILES string of the molecule is C=CS(=O)[O-].[W]. The summed E-state index contributed by atoms with van der Waals surface area (Å²) in [7, 11) is 0. The molecule has 4 heteroatoms. The molecule has 0 saturated carbocycles. The first-order chi connectivity index (χ1) is 2.27. The summed E-state index contributed by atoms with van der Waals surface area (Å²) in [5, 5.41) is 0.833. The molecule has 2 nitrogen and oxygen atoms in total. The van der Waals surface area contributed by atoms with Gasteiger partial charge in [0.15, 0.2) is 0 Å². The van der Waals surface area contributed by atoms with Gasteiger partial charge in [-0.15, -0.1) is 0 Å². The van der Waals surface area contributed by atoms with Crippen molar-refractivity contribution in [2.45, 2.75) is 0 Å². The molecule has 0 radical (unpaired) electrons. The smallest absolute Gasteiger partial charge is 0 e. The molecule has 0 aliphatic rings. The molecule has 0 saturated heterocycles. The molecule has 0 aromatic rings. The molecular weight excluding hydrogens is 272 g/mol. The molecule has 0 fully saturated rings. The fraction of sp³-hybridized carbons (Fsp3) is 0. The molecule has 1 atom stereocenters. The van der Waals surface area contributed by atoms with E-state index in [1.54, 1.807) is 0 Å². The molecule has 0 heterocycles. The first kappa shape index (κ1) is 9.74. The van der Waals surface area contributed by atoms with E-state index >= 15 is 0 Å². The predicted molar refractivity (Wildman–Crippen MR) is 19.1 cm³/mol. The summed E-state index contributed by atoms with van der Waals surface area (Å²) < 4.78 is 18.5. The summed E-state index contributed by atoms with van der Waals surface area (Å²) in [6.45, 7) is 2.95. The van der Waals surface area contributed by atoms with Crippen molar-refractivity contribution in [3.8, 4) is 0 Å². The van der Waals surface area contributed by atoms with E-state index in [0.29, 0.717) is 0 Å². The van der Waals surface area contributed by atoms with Crippen LogP contribution in [0.4, 0.5) is 0 Å². The Balaban J connectivity index is 0. The Bertz CT molecular complexity index is 62.6. The van der Waals surface area contributed by atoms with Gasteiger partial charge < -0.3 is 4.55 Å². The second kappa shape index (κ2) is 5.54. The van der Waals surface area contributed by atoms with Gasteiger partial charge >= 0.3 is 0 Å². The molecule has 0 aliphatic heterocycles. The van der Waals surface area contributed by atoms with Gasteiger partial charge in [0, 0.05) is 21.1 Å². The zero-order valence-electron chi connectivity index (χ0n) is 2.92. The summed E-state index contributed by atoms with van der Waals surface area (Å²) in [6, 6.07) is 0. The van der Waals surface area contributed by atoms with Crippen LogP contribution in [0.5, 0.6) is 0 Å². The van der Waals surface area contributed by atoms with Crippen LogP contribution in [-0.4, -0.2) is 8.76 Å². The van der Waals surface area contributed by atoms with Gasteiger partial charge in [-0.05, 0) is 16.5 Å². The number of rotatable bonds is 1. The van der Waals surface area contributed by atoms with Crippen LogP contribution in [0.25, 0.3) is 0 Å². The summed E-state index contributed by atoms with van der Waals surface area (Å²) in [5.41, 5.74) is 0. The van der Waals surface area contributed by atoms with Gasteiger partial charge in [0.05, 0.1) is 0 Å². The molecule has 0 aliphatic carbocycles. The van der Waals surface area contributed by atoms with Crippen LogP contribution in [0, 0.1) is 0 Å². The van der Waals surface area contributed by atoms with Crippen LogP contribution in [0.15, 0.2) is 12.0 Å². The van der Waals surface area contributed by atoms with Crippen LogP contribution in [0.2, 0.25) is 0 Å². The maximum absolute atomic E-state index is 9.25. The van der Waals surface area contributed by atoms with Gasteiger partial charge in [0.2, 0.25) is 0 Å². The minimum Gasteiger partial charge on any atom is -0.769 e. The van der Waals surface area contributed by atoms with Gasteiger partial charge in [-0.2, -0.15) is 0 Å². The van der Waals surface area contributed by atoms with E-state index in [4.69, 9.17) is 0 Å². The van der Waals surface area contributed by atoms with E-state index in [1.807, 2.05) is 0 Å². The van der Waals surface area contributed by atoms with Crippen LogP contribution < -0.4 is 0 Å². The average molecular weight is 275 g/mol. The largest absolute Gasteiger partial charge is 0.769 e.